The molecule has 1 fully saturated rings. The first-order valence-corrected chi connectivity index (χ1v) is 9.94. The Hall–Kier alpha value is -3.06. The topological polar surface area (TPSA) is 76.7 Å². The van der Waals surface area contributed by atoms with Crippen LogP contribution in [0.25, 0.3) is 0 Å². The number of carbonyl (C=O) groups excluding carboxylic acids is 2. The van der Waals surface area contributed by atoms with Crippen molar-refractivity contribution in [2.75, 3.05) is 60.6 Å². The maximum atomic E-state index is 12.1. The van der Waals surface area contributed by atoms with Crippen LogP contribution in [-0.4, -0.2) is 56.5 Å². The Labute approximate surface area is 172 Å². The normalized spacial score (nSPS) is 14.3. The highest BCUT2D eigenvalue weighted by molar-refractivity contribution is 5.92. The van der Waals surface area contributed by atoms with Gasteiger partial charge in [0.2, 0.25) is 11.8 Å². The Balaban J connectivity index is 1.40. The van der Waals surface area contributed by atoms with Crippen LogP contribution in [0.4, 0.5) is 22.7 Å². The molecule has 0 radical (unpaired) electrons. The van der Waals surface area contributed by atoms with E-state index in [9.17, 15) is 9.59 Å². The maximum Gasteiger partial charge on any atom is 0.226 e. The lowest BCUT2D eigenvalue weighted by atomic mass is 10.2. The van der Waals surface area contributed by atoms with E-state index < -0.39 is 0 Å². The monoisotopic (exact) mass is 395 g/mol. The van der Waals surface area contributed by atoms with Gasteiger partial charge in [0.25, 0.3) is 0 Å². The Bertz CT molecular complexity index is 812. The van der Waals surface area contributed by atoms with Crippen molar-refractivity contribution in [1.82, 2.24) is 4.90 Å². The summed E-state index contributed by atoms with van der Waals surface area (Å²) in [6.45, 7) is 6.30. The van der Waals surface area contributed by atoms with Crippen molar-refractivity contribution in [3.63, 3.8) is 0 Å². The molecule has 1 aliphatic rings. The van der Waals surface area contributed by atoms with E-state index in [1.165, 1.54) is 12.6 Å². The van der Waals surface area contributed by atoms with Gasteiger partial charge in [0.05, 0.1) is 0 Å². The third-order valence-corrected chi connectivity index (χ3v) is 4.91. The molecule has 154 valence electrons. The minimum atomic E-state index is -0.121. The quantitative estimate of drug-likeness (QED) is 0.672. The van der Waals surface area contributed by atoms with Gasteiger partial charge in [0, 0.05) is 68.8 Å². The third kappa shape index (κ3) is 6.50. The molecule has 0 aromatic heterocycles. The minimum absolute atomic E-state index is 0.0566. The predicted octanol–water partition coefficient (Wildman–Crippen LogP) is 2.84. The van der Waals surface area contributed by atoms with Crippen molar-refractivity contribution in [3.05, 3.63) is 48.5 Å². The fourth-order valence-electron chi connectivity index (χ4n) is 3.24. The summed E-state index contributed by atoms with van der Waals surface area (Å²) in [6.07, 6.45) is 0.369. The number of nitrogens with one attached hydrogen (secondary N) is 3. The second-order valence-corrected chi connectivity index (χ2v) is 7.32. The first kappa shape index (κ1) is 20.7. The second kappa shape index (κ2) is 9.93. The van der Waals surface area contributed by atoms with E-state index in [1.54, 1.807) is 24.3 Å². The first-order chi connectivity index (χ1) is 14.0. The number of carbonyl (C=O) groups is 2. The Morgan fingerprint density at radius 2 is 1.38 bits per heavy atom. The fraction of sp³-hybridized carbons (Fsp3) is 0.364. The molecule has 0 saturated carbocycles. The van der Waals surface area contributed by atoms with Crippen LogP contribution in [0, 0.1) is 0 Å². The molecule has 0 spiro atoms. The van der Waals surface area contributed by atoms with Crippen molar-refractivity contribution >= 4 is 34.6 Å². The van der Waals surface area contributed by atoms with Crippen molar-refractivity contribution in [2.45, 2.75) is 13.3 Å². The van der Waals surface area contributed by atoms with Gasteiger partial charge in [0.1, 0.15) is 0 Å². The molecule has 1 aliphatic heterocycles. The zero-order chi connectivity index (χ0) is 20.6. The molecule has 2 aromatic carbocycles. The van der Waals surface area contributed by atoms with Crippen LogP contribution < -0.4 is 20.9 Å². The zero-order valence-electron chi connectivity index (χ0n) is 17.1. The van der Waals surface area contributed by atoms with Gasteiger partial charge in [-0.05, 0) is 55.6 Å². The van der Waals surface area contributed by atoms with Crippen molar-refractivity contribution < 1.29 is 9.59 Å². The van der Waals surface area contributed by atoms with E-state index in [0.29, 0.717) is 24.3 Å². The summed E-state index contributed by atoms with van der Waals surface area (Å²) in [6, 6.07) is 15.4. The van der Waals surface area contributed by atoms with Gasteiger partial charge >= 0.3 is 0 Å². The molecule has 3 N–H and O–H groups in total. The summed E-state index contributed by atoms with van der Waals surface area (Å²) in [7, 11) is 2.15. The van der Waals surface area contributed by atoms with Crippen LogP contribution in [-0.2, 0) is 9.59 Å². The number of hydrogen-bond acceptors (Lipinski definition) is 5. The smallest absolute Gasteiger partial charge is 0.226 e. The number of rotatable bonds is 7. The Morgan fingerprint density at radius 1 is 0.828 bits per heavy atom. The Morgan fingerprint density at radius 3 is 1.97 bits per heavy atom. The van der Waals surface area contributed by atoms with Crippen LogP contribution in [0.3, 0.4) is 0 Å². The molecular formula is C22H29N5O2. The van der Waals surface area contributed by atoms with E-state index in [4.69, 9.17) is 0 Å². The number of benzene rings is 2. The number of hydrogen-bond donors (Lipinski definition) is 3. The molecule has 7 nitrogen and oxygen atoms in total. The lowest BCUT2D eigenvalue weighted by molar-refractivity contribution is -0.116. The van der Waals surface area contributed by atoms with Gasteiger partial charge in [-0.2, -0.15) is 0 Å². The molecule has 2 aromatic rings. The highest BCUT2D eigenvalue weighted by Crippen LogP contribution is 2.19. The van der Waals surface area contributed by atoms with Gasteiger partial charge in [-0.1, -0.05) is 0 Å². The highest BCUT2D eigenvalue weighted by atomic mass is 16.2. The Kier molecular flexibility index (Phi) is 7.08. The van der Waals surface area contributed by atoms with E-state index in [2.05, 4.69) is 57.1 Å². The van der Waals surface area contributed by atoms with Gasteiger partial charge in [-0.3, -0.25) is 9.59 Å². The third-order valence-electron chi connectivity index (χ3n) is 4.91. The maximum absolute atomic E-state index is 12.1. The molecule has 0 unspecified atom stereocenters. The lowest BCUT2D eigenvalue weighted by Crippen LogP contribution is -2.44. The number of piperazine rings is 1. The summed E-state index contributed by atoms with van der Waals surface area (Å²) in [4.78, 5) is 27.9. The highest BCUT2D eigenvalue weighted by Gasteiger charge is 2.13. The summed E-state index contributed by atoms with van der Waals surface area (Å²) >= 11 is 0. The minimum Gasteiger partial charge on any atom is -0.385 e. The average molecular weight is 396 g/mol. The standard InChI is InChI=1S/C22H29N5O2/c1-17(28)24-19-3-5-20(6-4-19)25-22(29)11-12-23-18-7-9-21(10-8-18)27-15-13-26(2)14-16-27/h3-10,23H,11-16H2,1-2H3,(H,24,28)(H,25,29). The number of likely N-dealkylation sites (N-methyl/N-ethyl adjacent to an activating group) is 1. The lowest BCUT2D eigenvalue weighted by Gasteiger charge is -2.34. The van der Waals surface area contributed by atoms with Crippen molar-refractivity contribution in [1.29, 1.82) is 0 Å². The molecule has 0 atom stereocenters. The first-order valence-electron chi connectivity index (χ1n) is 9.94. The van der Waals surface area contributed by atoms with Gasteiger partial charge in [0.15, 0.2) is 0 Å². The molecule has 2 amide bonds. The van der Waals surface area contributed by atoms with E-state index in [0.717, 1.165) is 31.9 Å². The van der Waals surface area contributed by atoms with Crippen molar-refractivity contribution in [2.24, 2.45) is 0 Å². The van der Waals surface area contributed by atoms with E-state index >= 15 is 0 Å². The number of amides is 2. The van der Waals surface area contributed by atoms with Crippen LogP contribution in [0.2, 0.25) is 0 Å². The average Bonchev–Trinajstić information content (AvgIpc) is 2.70. The van der Waals surface area contributed by atoms with Crippen LogP contribution in [0.15, 0.2) is 48.5 Å². The molecule has 7 heteroatoms. The summed E-state index contributed by atoms with van der Waals surface area (Å²) < 4.78 is 0. The largest absolute Gasteiger partial charge is 0.385 e. The van der Waals surface area contributed by atoms with Crippen molar-refractivity contribution in [3.8, 4) is 0 Å². The van der Waals surface area contributed by atoms with Crippen LogP contribution in [0.1, 0.15) is 13.3 Å². The SMILES string of the molecule is CC(=O)Nc1ccc(NC(=O)CCNc2ccc(N3CCN(C)CC3)cc2)cc1. The second-order valence-electron chi connectivity index (χ2n) is 7.32. The van der Waals surface area contributed by atoms with Gasteiger partial charge < -0.3 is 25.8 Å². The summed E-state index contributed by atoms with van der Waals surface area (Å²) in [5.74, 6) is -0.178. The molecule has 3 rings (SSSR count). The zero-order valence-corrected chi connectivity index (χ0v) is 17.1. The van der Waals surface area contributed by atoms with Crippen LogP contribution >= 0.6 is 0 Å². The molecule has 1 saturated heterocycles. The molecule has 29 heavy (non-hydrogen) atoms. The molecule has 0 bridgehead atoms. The number of anilines is 4. The van der Waals surface area contributed by atoms with Crippen LogP contribution in [0.5, 0.6) is 0 Å². The number of nitrogens with zero attached hydrogens (tertiary/aromatic N) is 2. The van der Waals surface area contributed by atoms with E-state index in [1.807, 2.05) is 0 Å². The summed E-state index contributed by atoms with van der Waals surface area (Å²) in [5.41, 5.74) is 3.66. The van der Waals surface area contributed by atoms with E-state index in [-0.39, 0.29) is 11.8 Å². The predicted molar refractivity (Wildman–Crippen MR) is 119 cm³/mol. The fourth-order valence-corrected chi connectivity index (χ4v) is 3.24. The molecule has 1 heterocycles. The molecular weight excluding hydrogens is 366 g/mol. The molecule has 0 aliphatic carbocycles. The summed E-state index contributed by atoms with van der Waals surface area (Å²) in [5, 5.41) is 8.85. The van der Waals surface area contributed by atoms with Gasteiger partial charge in [-0.15, -0.1) is 0 Å². The van der Waals surface area contributed by atoms with Gasteiger partial charge in [-0.25, -0.2) is 0 Å².